The Morgan fingerprint density at radius 3 is 2.30 bits per heavy atom. The van der Waals surface area contributed by atoms with Crippen LogP contribution >= 0.6 is 0 Å². The molecule has 0 bridgehead atoms. The van der Waals surface area contributed by atoms with Crippen molar-refractivity contribution in [1.82, 2.24) is 25.3 Å². The molecular formula is C48H53FN10O5. The predicted octanol–water partition coefficient (Wildman–Crippen LogP) is 5.82. The fraction of sp³-hybridized carbons (Fsp3) is 0.354. The lowest BCUT2D eigenvalue weighted by Gasteiger charge is -2.40. The maximum absolute atomic E-state index is 15.9. The minimum atomic E-state index is -0.714. The van der Waals surface area contributed by atoms with E-state index in [9.17, 15) is 19.2 Å². The van der Waals surface area contributed by atoms with Gasteiger partial charge in [-0.25, -0.2) is 13.9 Å². The highest BCUT2D eigenvalue weighted by Gasteiger charge is 2.30. The minimum Gasteiger partial charge on any atom is -0.496 e. The Bertz CT molecular complexity index is 2600. The number of nitrogens with zero attached hydrogens (tertiary/aromatic N) is 6. The Kier molecular flexibility index (Phi) is 11.9. The summed E-state index contributed by atoms with van der Waals surface area (Å²) in [5.74, 6) is -0.357. The van der Waals surface area contributed by atoms with Crippen LogP contribution in [0, 0.1) is 18.7 Å². The molecule has 15 nitrogen and oxygen atoms in total. The molecule has 0 saturated carbocycles. The van der Waals surface area contributed by atoms with Gasteiger partial charge in [0.25, 0.3) is 11.8 Å². The number of nitrogens with one attached hydrogen (secondary N) is 3. The van der Waals surface area contributed by atoms with Crippen molar-refractivity contribution in [2.24, 2.45) is 11.7 Å². The van der Waals surface area contributed by atoms with Gasteiger partial charge >= 0.3 is 6.03 Å². The summed E-state index contributed by atoms with van der Waals surface area (Å²) in [4.78, 5) is 58.8. The average Bonchev–Trinajstić information content (AvgIpc) is 3.57. The summed E-state index contributed by atoms with van der Waals surface area (Å²) >= 11 is 0. The van der Waals surface area contributed by atoms with Crippen LogP contribution in [0.15, 0.2) is 78.9 Å². The smallest absolute Gasteiger partial charge is 0.328 e. The third kappa shape index (κ3) is 8.69. The van der Waals surface area contributed by atoms with Gasteiger partial charge in [0.1, 0.15) is 28.6 Å². The number of aryl methyl sites for hydroxylation is 3. The zero-order valence-electron chi connectivity index (χ0n) is 36.2. The molecule has 1 aromatic heterocycles. The Hall–Kier alpha value is -6.94. The van der Waals surface area contributed by atoms with E-state index in [1.54, 1.807) is 39.9 Å². The van der Waals surface area contributed by atoms with Gasteiger partial charge in [-0.2, -0.15) is 5.10 Å². The monoisotopic (exact) mass is 868 g/mol. The van der Waals surface area contributed by atoms with E-state index in [4.69, 9.17) is 15.6 Å². The van der Waals surface area contributed by atoms with Crippen LogP contribution in [0.2, 0.25) is 0 Å². The molecule has 64 heavy (non-hydrogen) atoms. The number of hydrogen-bond acceptors (Lipinski definition) is 10. The molecule has 4 aromatic carbocycles. The number of piperazine rings is 1. The molecule has 0 aliphatic carbocycles. The van der Waals surface area contributed by atoms with E-state index in [-0.39, 0.29) is 41.2 Å². The number of para-hydroxylation sites is 1. The van der Waals surface area contributed by atoms with Gasteiger partial charge in [0.05, 0.1) is 12.7 Å². The molecule has 0 radical (unpaired) electrons. The number of primary amides is 1. The predicted molar refractivity (Wildman–Crippen MR) is 244 cm³/mol. The summed E-state index contributed by atoms with van der Waals surface area (Å²) in [6.07, 6.45) is 3.21. The van der Waals surface area contributed by atoms with Crippen molar-refractivity contribution in [3.8, 4) is 17.0 Å². The first-order valence-electron chi connectivity index (χ1n) is 22.0. The Labute approximate surface area is 371 Å². The number of piperidine rings is 1. The molecule has 3 fully saturated rings. The van der Waals surface area contributed by atoms with Gasteiger partial charge in [0.2, 0.25) is 5.91 Å². The molecular weight excluding hydrogens is 816 g/mol. The van der Waals surface area contributed by atoms with E-state index >= 15 is 4.39 Å². The van der Waals surface area contributed by atoms with E-state index in [0.717, 1.165) is 92.5 Å². The first-order chi connectivity index (χ1) is 31.0. The van der Waals surface area contributed by atoms with E-state index in [0.29, 0.717) is 54.5 Å². The SMILES string of the molecule is COc1ccccc1C(=O)NCc1cc(F)c(-c2nn3c(c2C(N)=O)Nc2ccc(N4CCN(CC5CCN(c6ccc(N7CCC(=O)NC7=O)cc6)CC5)CC4)cc2CC3)cc1C. The van der Waals surface area contributed by atoms with Gasteiger partial charge in [0, 0.05) is 100 Å². The summed E-state index contributed by atoms with van der Waals surface area (Å²) in [5.41, 5.74) is 13.2. The van der Waals surface area contributed by atoms with Gasteiger partial charge < -0.3 is 30.9 Å². The van der Waals surface area contributed by atoms with Crippen LogP contribution < -0.4 is 41.1 Å². The van der Waals surface area contributed by atoms with Crippen molar-refractivity contribution in [3.05, 3.63) is 112 Å². The number of fused-ring (bicyclic) bond motifs is 2. The molecule has 332 valence electrons. The van der Waals surface area contributed by atoms with Crippen molar-refractivity contribution in [2.75, 3.05) is 79.5 Å². The molecule has 5 N–H and O–H groups in total. The Balaban J connectivity index is 0.793. The van der Waals surface area contributed by atoms with Crippen LogP contribution in [0.25, 0.3) is 11.3 Å². The first kappa shape index (κ1) is 42.4. The normalized spacial score (nSPS) is 17.0. The summed E-state index contributed by atoms with van der Waals surface area (Å²) in [7, 11) is 1.50. The Morgan fingerprint density at radius 2 is 1.56 bits per heavy atom. The minimum absolute atomic E-state index is 0.0904. The summed E-state index contributed by atoms with van der Waals surface area (Å²) < 4.78 is 22.9. The zero-order valence-corrected chi connectivity index (χ0v) is 36.2. The van der Waals surface area contributed by atoms with Gasteiger partial charge in [-0.15, -0.1) is 0 Å². The van der Waals surface area contributed by atoms with Gasteiger partial charge in [-0.1, -0.05) is 12.1 Å². The molecule has 3 saturated heterocycles. The number of rotatable bonds is 11. The zero-order chi connectivity index (χ0) is 44.5. The second kappa shape index (κ2) is 18.0. The fourth-order valence-electron chi connectivity index (χ4n) is 9.41. The number of methoxy groups -OCH3 is 1. The lowest BCUT2D eigenvalue weighted by Crippen LogP contribution is -2.49. The first-order valence-corrected chi connectivity index (χ1v) is 22.0. The molecule has 5 amide bonds. The van der Waals surface area contributed by atoms with Crippen molar-refractivity contribution < 1.29 is 28.3 Å². The number of amides is 5. The molecule has 5 aromatic rings. The van der Waals surface area contributed by atoms with Gasteiger partial charge in [0.15, 0.2) is 0 Å². The highest BCUT2D eigenvalue weighted by atomic mass is 19.1. The number of hydrogen-bond donors (Lipinski definition) is 4. The number of anilines is 5. The van der Waals surface area contributed by atoms with E-state index in [1.807, 2.05) is 25.1 Å². The molecule has 0 spiro atoms. The number of benzene rings is 4. The van der Waals surface area contributed by atoms with Crippen molar-refractivity contribution in [1.29, 1.82) is 0 Å². The Morgan fingerprint density at radius 1 is 0.844 bits per heavy atom. The maximum Gasteiger partial charge on any atom is 0.328 e. The highest BCUT2D eigenvalue weighted by molar-refractivity contribution is 6.06. The fourth-order valence-corrected chi connectivity index (χ4v) is 9.41. The van der Waals surface area contributed by atoms with E-state index < -0.39 is 11.7 Å². The second-order valence-corrected chi connectivity index (χ2v) is 17.0. The number of carbonyl (C=O) groups is 4. The van der Waals surface area contributed by atoms with Crippen molar-refractivity contribution in [3.63, 3.8) is 0 Å². The van der Waals surface area contributed by atoms with Crippen LogP contribution in [0.1, 0.15) is 56.7 Å². The van der Waals surface area contributed by atoms with Gasteiger partial charge in [-0.3, -0.25) is 29.5 Å². The molecule has 9 rings (SSSR count). The summed E-state index contributed by atoms with van der Waals surface area (Å²) in [5, 5.41) is 13.4. The number of halogens is 1. The quantitative estimate of drug-likeness (QED) is 0.127. The lowest BCUT2D eigenvalue weighted by molar-refractivity contribution is -0.120. The topological polar surface area (TPSA) is 170 Å². The largest absolute Gasteiger partial charge is 0.496 e. The maximum atomic E-state index is 15.9. The number of imide groups is 1. The molecule has 0 atom stereocenters. The van der Waals surface area contributed by atoms with E-state index in [2.05, 4.69) is 54.9 Å². The number of ether oxygens (including phenoxy) is 1. The average molecular weight is 869 g/mol. The number of urea groups is 1. The number of carbonyl (C=O) groups excluding carboxylic acids is 4. The molecule has 5 heterocycles. The standard InChI is InChI=1S/C48H53FN10O5/c1-30-25-38(39(49)27-33(30)28-51-47(62)37-5-3-4-6-41(37)64-2)44-43(45(50)61)46-52-40-12-11-36(26-32(40)15-20-59(46)54-44)57-23-21-55(22-24-57)29-31-13-17-56(18-14-31)34-7-9-35(10-8-34)58-19-16-42(60)53-48(58)63/h3-12,25-27,31,52H,13-24,28-29H2,1-2H3,(H2,50,61)(H,51,62)(H,53,60,63). The third-order valence-electron chi connectivity index (χ3n) is 13.1. The highest BCUT2D eigenvalue weighted by Crippen LogP contribution is 2.38. The van der Waals surface area contributed by atoms with Crippen LogP contribution in [-0.4, -0.2) is 97.9 Å². The summed E-state index contributed by atoms with van der Waals surface area (Å²) in [6, 6.07) is 24.0. The van der Waals surface area contributed by atoms with E-state index in [1.165, 1.54) is 13.2 Å². The van der Waals surface area contributed by atoms with Crippen LogP contribution in [0.4, 0.5) is 37.8 Å². The van der Waals surface area contributed by atoms with Crippen molar-refractivity contribution in [2.45, 2.75) is 45.7 Å². The second-order valence-electron chi connectivity index (χ2n) is 17.0. The van der Waals surface area contributed by atoms with Crippen molar-refractivity contribution >= 4 is 52.3 Å². The molecule has 0 unspecified atom stereocenters. The molecule has 4 aliphatic rings. The molecule has 16 heteroatoms. The van der Waals surface area contributed by atoms with Crippen LogP contribution in [0.3, 0.4) is 0 Å². The number of aromatic nitrogens is 2. The summed E-state index contributed by atoms with van der Waals surface area (Å²) in [6.45, 7) is 9.67. The van der Waals surface area contributed by atoms with Crippen LogP contribution in [-0.2, 0) is 24.3 Å². The third-order valence-corrected chi connectivity index (χ3v) is 13.1. The van der Waals surface area contributed by atoms with Gasteiger partial charge in [-0.05, 0) is 116 Å². The van der Waals surface area contributed by atoms with Crippen LogP contribution in [0.5, 0.6) is 5.75 Å². The lowest BCUT2D eigenvalue weighted by atomic mass is 9.95. The molecule has 4 aliphatic heterocycles. The number of nitrogens with two attached hydrogens (primary N) is 1.